The smallest absolute Gasteiger partial charge is 0.321 e. The van der Waals surface area contributed by atoms with E-state index in [4.69, 9.17) is 0 Å². The molecule has 3 aromatic heterocycles. The van der Waals surface area contributed by atoms with Crippen LogP contribution in [0.1, 0.15) is 12.8 Å². The number of aromatic amines is 1. The van der Waals surface area contributed by atoms with Crippen molar-refractivity contribution in [3.63, 3.8) is 0 Å². The van der Waals surface area contributed by atoms with Crippen LogP contribution in [0.3, 0.4) is 0 Å². The summed E-state index contributed by atoms with van der Waals surface area (Å²) in [6, 6.07) is 5.67. The van der Waals surface area contributed by atoms with Crippen molar-refractivity contribution in [1.29, 1.82) is 0 Å². The fraction of sp³-hybridized carbons (Fsp3) is 0.231. The molecule has 0 aliphatic heterocycles. The summed E-state index contributed by atoms with van der Waals surface area (Å²) in [5, 5.41) is 16.5. The molecule has 0 spiro atoms. The molecule has 1 fully saturated rings. The van der Waals surface area contributed by atoms with Crippen molar-refractivity contribution in [3.05, 3.63) is 30.6 Å². The average molecular weight is 283 g/mol. The van der Waals surface area contributed by atoms with E-state index in [0.29, 0.717) is 11.7 Å². The van der Waals surface area contributed by atoms with E-state index in [-0.39, 0.29) is 12.0 Å². The Balaban J connectivity index is 1.66. The number of nitrogens with one attached hydrogen (secondary N) is 3. The molecule has 3 N–H and O–H groups in total. The lowest BCUT2D eigenvalue weighted by molar-refractivity contribution is 0.251. The van der Waals surface area contributed by atoms with Crippen molar-refractivity contribution in [1.82, 2.24) is 30.1 Å². The number of pyridine rings is 1. The molecule has 0 unspecified atom stereocenters. The van der Waals surface area contributed by atoms with Gasteiger partial charge in [0.1, 0.15) is 0 Å². The van der Waals surface area contributed by atoms with Crippen LogP contribution < -0.4 is 10.6 Å². The maximum absolute atomic E-state index is 11.7. The predicted octanol–water partition coefficient (Wildman–Crippen LogP) is 1.40. The number of urea groups is 1. The maximum Gasteiger partial charge on any atom is 0.321 e. The molecule has 4 rings (SSSR count). The molecule has 0 saturated heterocycles. The number of rotatable bonds is 3. The monoisotopic (exact) mass is 283 g/mol. The topological polar surface area (TPSA) is 100 Å². The van der Waals surface area contributed by atoms with Gasteiger partial charge in [-0.1, -0.05) is 6.07 Å². The van der Waals surface area contributed by atoms with E-state index >= 15 is 0 Å². The second-order valence-corrected chi connectivity index (χ2v) is 4.98. The quantitative estimate of drug-likeness (QED) is 0.676. The second-order valence-electron chi connectivity index (χ2n) is 4.98. The van der Waals surface area contributed by atoms with Crippen LogP contribution in [0.5, 0.6) is 0 Å². The summed E-state index contributed by atoms with van der Waals surface area (Å²) in [5.74, 6) is 0.282. The molecule has 21 heavy (non-hydrogen) atoms. The van der Waals surface area contributed by atoms with Gasteiger partial charge in [0.05, 0.1) is 11.9 Å². The Labute approximate surface area is 119 Å². The van der Waals surface area contributed by atoms with Crippen LogP contribution in [0.15, 0.2) is 30.6 Å². The first kappa shape index (κ1) is 11.9. The second kappa shape index (κ2) is 4.58. The maximum atomic E-state index is 11.7. The molecule has 8 heteroatoms. The minimum absolute atomic E-state index is 0.265. The van der Waals surface area contributed by atoms with Crippen LogP contribution in [-0.2, 0) is 0 Å². The third-order valence-corrected chi connectivity index (χ3v) is 3.29. The summed E-state index contributed by atoms with van der Waals surface area (Å²) < 4.78 is 1.68. The molecule has 1 saturated carbocycles. The fourth-order valence-electron chi connectivity index (χ4n) is 2.12. The Morgan fingerprint density at radius 1 is 1.38 bits per heavy atom. The third-order valence-electron chi connectivity index (χ3n) is 3.29. The van der Waals surface area contributed by atoms with Gasteiger partial charge < -0.3 is 5.32 Å². The summed E-state index contributed by atoms with van der Waals surface area (Å²) in [5.41, 5.74) is 2.42. The molecule has 0 radical (unpaired) electrons. The number of hydrogen-bond acceptors (Lipinski definition) is 4. The standard InChI is InChI=1S/C13H13N7O/c21-13(16-9-4-5-9)18-12-17-11-3-1-2-10(20(11)19-12)8-6-14-15-7-8/h1-3,6-7,9H,4-5H2,(H,14,15)(H2,16,18,19,21). The Hall–Kier alpha value is -2.90. The molecule has 3 heterocycles. The molecule has 106 valence electrons. The summed E-state index contributed by atoms with van der Waals surface area (Å²) in [6.45, 7) is 0. The molecule has 8 nitrogen and oxygen atoms in total. The van der Waals surface area contributed by atoms with Gasteiger partial charge in [-0.3, -0.25) is 10.4 Å². The van der Waals surface area contributed by atoms with Gasteiger partial charge in [0.2, 0.25) is 0 Å². The zero-order chi connectivity index (χ0) is 14.2. The zero-order valence-corrected chi connectivity index (χ0v) is 11.1. The first-order chi connectivity index (χ1) is 10.3. The number of H-pyrrole nitrogens is 1. The highest BCUT2D eigenvalue weighted by atomic mass is 16.2. The lowest BCUT2D eigenvalue weighted by atomic mass is 10.2. The molecular weight excluding hydrogens is 270 g/mol. The van der Waals surface area contributed by atoms with E-state index in [1.165, 1.54) is 0 Å². The summed E-state index contributed by atoms with van der Waals surface area (Å²) in [7, 11) is 0. The lowest BCUT2D eigenvalue weighted by Gasteiger charge is -2.01. The number of nitrogens with zero attached hydrogens (tertiary/aromatic N) is 4. The molecular formula is C13H13N7O. The largest absolute Gasteiger partial charge is 0.335 e. The SMILES string of the molecule is O=C(Nc1nc2cccc(-c3cn[nH]c3)n2n1)NC1CC1. The predicted molar refractivity (Wildman–Crippen MR) is 75.7 cm³/mol. The van der Waals surface area contributed by atoms with Crippen molar-refractivity contribution >= 4 is 17.6 Å². The van der Waals surface area contributed by atoms with E-state index in [9.17, 15) is 4.79 Å². The molecule has 0 atom stereocenters. The van der Waals surface area contributed by atoms with Crippen LogP contribution in [0.25, 0.3) is 16.9 Å². The van der Waals surface area contributed by atoms with E-state index < -0.39 is 0 Å². The number of anilines is 1. The van der Waals surface area contributed by atoms with Crippen LogP contribution in [-0.4, -0.2) is 36.9 Å². The van der Waals surface area contributed by atoms with E-state index in [0.717, 1.165) is 24.1 Å². The first-order valence-corrected chi connectivity index (χ1v) is 6.72. The van der Waals surface area contributed by atoms with E-state index in [1.54, 1.807) is 16.9 Å². The Kier molecular flexibility index (Phi) is 2.59. The fourth-order valence-corrected chi connectivity index (χ4v) is 2.12. The average Bonchev–Trinajstić information content (AvgIpc) is 2.98. The van der Waals surface area contributed by atoms with Crippen molar-refractivity contribution in [2.75, 3.05) is 5.32 Å². The molecule has 1 aliphatic rings. The third kappa shape index (κ3) is 2.31. The molecule has 1 aliphatic carbocycles. The number of amides is 2. The summed E-state index contributed by atoms with van der Waals surface area (Å²) in [4.78, 5) is 16.0. The minimum Gasteiger partial charge on any atom is -0.335 e. The van der Waals surface area contributed by atoms with Gasteiger partial charge in [0.15, 0.2) is 5.65 Å². The zero-order valence-electron chi connectivity index (χ0n) is 11.1. The normalized spacial score (nSPS) is 14.3. The van der Waals surface area contributed by atoms with Gasteiger partial charge in [-0.2, -0.15) is 10.1 Å². The first-order valence-electron chi connectivity index (χ1n) is 6.72. The number of hydrogen-bond donors (Lipinski definition) is 3. The van der Waals surface area contributed by atoms with Crippen molar-refractivity contribution in [2.24, 2.45) is 0 Å². The number of fused-ring (bicyclic) bond motifs is 1. The summed E-state index contributed by atoms with van der Waals surface area (Å²) in [6.07, 6.45) is 5.57. The van der Waals surface area contributed by atoms with Crippen LogP contribution >= 0.6 is 0 Å². The van der Waals surface area contributed by atoms with Gasteiger partial charge >= 0.3 is 6.03 Å². The number of carbonyl (C=O) groups excluding carboxylic acids is 1. The van der Waals surface area contributed by atoms with Gasteiger partial charge in [-0.05, 0) is 25.0 Å². The van der Waals surface area contributed by atoms with Gasteiger partial charge in [-0.15, -0.1) is 5.10 Å². The Morgan fingerprint density at radius 2 is 2.29 bits per heavy atom. The van der Waals surface area contributed by atoms with Gasteiger partial charge in [0, 0.05) is 17.8 Å². The molecule has 3 aromatic rings. The molecule has 2 amide bonds. The van der Waals surface area contributed by atoms with Gasteiger partial charge in [0.25, 0.3) is 5.95 Å². The van der Waals surface area contributed by atoms with E-state index in [1.807, 2.05) is 18.2 Å². The highest BCUT2D eigenvalue weighted by Crippen LogP contribution is 2.20. The highest BCUT2D eigenvalue weighted by Gasteiger charge is 2.23. The van der Waals surface area contributed by atoms with Crippen molar-refractivity contribution in [2.45, 2.75) is 18.9 Å². The van der Waals surface area contributed by atoms with Gasteiger partial charge in [-0.25, -0.2) is 9.31 Å². The molecule has 0 bridgehead atoms. The van der Waals surface area contributed by atoms with Crippen LogP contribution in [0.4, 0.5) is 10.7 Å². The van der Waals surface area contributed by atoms with Crippen LogP contribution in [0.2, 0.25) is 0 Å². The van der Waals surface area contributed by atoms with Crippen molar-refractivity contribution < 1.29 is 4.79 Å². The van der Waals surface area contributed by atoms with Crippen LogP contribution in [0, 0.1) is 0 Å². The Bertz CT molecular complexity index is 788. The highest BCUT2D eigenvalue weighted by molar-refractivity contribution is 5.88. The van der Waals surface area contributed by atoms with Crippen molar-refractivity contribution in [3.8, 4) is 11.3 Å². The Morgan fingerprint density at radius 3 is 3.05 bits per heavy atom. The number of aromatic nitrogens is 5. The number of carbonyl (C=O) groups is 1. The summed E-state index contributed by atoms with van der Waals surface area (Å²) >= 11 is 0. The minimum atomic E-state index is -0.265. The lowest BCUT2D eigenvalue weighted by Crippen LogP contribution is -2.30. The molecule has 0 aromatic carbocycles. The van der Waals surface area contributed by atoms with E-state index in [2.05, 4.69) is 30.9 Å².